The van der Waals surface area contributed by atoms with Crippen LogP contribution in [-0.4, -0.2) is 43.0 Å². The van der Waals surface area contributed by atoms with Gasteiger partial charge in [-0.2, -0.15) is 5.10 Å². The Bertz CT molecular complexity index is 1150. The zero-order valence-electron chi connectivity index (χ0n) is 17.0. The maximum Gasteiger partial charge on any atom is 0.152 e. The summed E-state index contributed by atoms with van der Waals surface area (Å²) >= 11 is 0. The number of fused-ring (bicyclic) bond motifs is 1. The summed E-state index contributed by atoms with van der Waals surface area (Å²) < 4.78 is 9.15. The molecule has 1 fully saturated rings. The van der Waals surface area contributed by atoms with Gasteiger partial charge < -0.3 is 14.4 Å². The van der Waals surface area contributed by atoms with Gasteiger partial charge in [0.1, 0.15) is 5.75 Å². The number of nitrogens with zero attached hydrogens (tertiary/aromatic N) is 5. The lowest BCUT2D eigenvalue weighted by molar-refractivity contribution is 0.214. The number of ether oxygens (including phenoxy) is 1. The van der Waals surface area contributed by atoms with E-state index < -0.39 is 0 Å². The van der Waals surface area contributed by atoms with E-state index in [1.807, 2.05) is 64.2 Å². The fourth-order valence-electron chi connectivity index (χ4n) is 4.42. The van der Waals surface area contributed by atoms with Crippen molar-refractivity contribution in [3.8, 4) is 11.4 Å². The number of rotatable bonds is 6. The van der Waals surface area contributed by atoms with Crippen molar-refractivity contribution >= 4 is 5.52 Å². The zero-order valence-corrected chi connectivity index (χ0v) is 17.0. The van der Waals surface area contributed by atoms with Crippen LogP contribution in [-0.2, 0) is 6.42 Å². The van der Waals surface area contributed by atoms with Crippen molar-refractivity contribution in [3.05, 3.63) is 72.3 Å². The van der Waals surface area contributed by atoms with Gasteiger partial charge in [0.25, 0.3) is 0 Å². The van der Waals surface area contributed by atoms with Crippen molar-refractivity contribution in [1.82, 2.24) is 24.1 Å². The SMILES string of the molecule is COc1ccc(-n2cnc(Cc3nc(C4CCC[C@H]4CO)nn4cccc34)c2)cc1. The average molecular weight is 403 g/mol. The molecule has 5 rings (SSSR count). The lowest BCUT2D eigenvalue weighted by Gasteiger charge is -2.17. The van der Waals surface area contributed by atoms with Crippen LogP contribution in [0.4, 0.5) is 0 Å². The smallest absolute Gasteiger partial charge is 0.152 e. The van der Waals surface area contributed by atoms with Crippen LogP contribution < -0.4 is 4.74 Å². The minimum atomic E-state index is 0.194. The third kappa shape index (κ3) is 3.45. The Balaban J connectivity index is 1.45. The predicted molar refractivity (Wildman–Crippen MR) is 113 cm³/mol. The Hall–Kier alpha value is -3.19. The van der Waals surface area contributed by atoms with Crippen molar-refractivity contribution < 1.29 is 9.84 Å². The topological polar surface area (TPSA) is 77.5 Å². The van der Waals surface area contributed by atoms with E-state index in [9.17, 15) is 5.11 Å². The first-order valence-electron chi connectivity index (χ1n) is 10.4. The highest BCUT2D eigenvalue weighted by atomic mass is 16.5. The second-order valence-electron chi connectivity index (χ2n) is 7.88. The predicted octanol–water partition coefficient (Wildman–Crippen LogP) is 3.39. The first kappa shape index (κ1) is 18.8. The van der Waals surface area contributed by atoms with Gasteiger partial charge in [0.2, 0.25) is 0 Å². The monoisotopic (exact) mass is 403 g/mol. The summed E-state index contributed by atoms with van der Waals surface area (Å²) in [6, 6.07) is 11.9. The molecular formula is C23H25N5O2. The molecule has 0 amide bonds. The second kappa shape index (κ2) is 7.91. The van der Waals surface area contributed by atoms with Gasteiger partial charge in [0.05, 0.1) is 30.3 Å². The summed E-state index contributed by atoms with van der Waals surface area (Å²) in [5.41, 5.74) is 3.94. The molecule has 154 valence electrons. The summed E-state index contributed by atoms with van der Waals surface area (Å²) in [6.07, 6.45) is 9.64. The first-order valence-corrected chi connectivity index (χ1v) is 10.4. The van der Waals surface area contributed by atoms with Crippen LogP contribution in [0.1, 0.15) is 42.4 Å². The van der Waals surface area contributed by atoms with Crippen LogP contribution in [0.3, 0.4) is 0 Å². The highest BCUT2D eigenvalue weighted by Gasteiger charge is 2.31. The van der Waals surface area contributed by atoms with Gasteiger partial charge in [0, 0.05) is 37.0 Å². The molecule has 1 saturated carbocycles. The molecule has 30 heavy (non-hydrogen) atoms. The molecule has 3 aromatic heterocycles. The van der Waals surface area contributed by atoms with E-state index in [1.165, 1.54) is 0 Å². The van der Waals surface area contributed by atoms with Crippen LogP contribution >= 0.6 is 0 Å². The van der Waals surface area contributed by atoms with Gasteiger partial charge in [-0.3, -0.25) is 0 Å². The Morgan fingerprint density at radius 1 is 1.17 bits per heavy atom. The number of methoxy groups -OCH3 is 1. The minimum absolute atomic E-state index is 0.194. The van der Waals surface area contributed by atoms with Crippen LogP contribution in [0.2, 0.25) is 0 Å². The van der Waals surface area contributed by atoms with Crippen molar-refractivity contribution in [3.63, 3.8) is 0 Å². The van der Waals surface area contributed by atoms with Crippen molar-refractivity contribution in [2.75, 3.05) is 13.7 Å². The average Bonchev–Trinajstić information content (AvgIpc) is 3.53. The minimum Gasteiger partial charge on any atom is -0.497 e. The summed E-state index contributed by atoms with van der Waals surface area (Å²) in [5, 5.41) is 14.5. The van der Waals surface area contributed by atoms with Gasteiger partial charge in [-0.15, -0.1) is 0 Å². The fraction of sp³-hybridized carbons (Fsp3) is 0.348. The molecule has 0 bridgehead atoms. The number of aromatic nitrogens is 5. The van der Waals surface area contributed by atoms with E-state index in [0.29, 0.717) is 6.42 Å². The van der Waals surface area contributed by atoms with Gasteiger partial charge in [-0.1, -0.05) is 6.42 Å². The molecule has 7 heteroatoms. The summed E-state index contributed by atoms with van der Waals surface area (Å²) in [5.74, 6) is 2.13. The maximum absolute atomic E-state index is 9.74. The Morgan fingerprint density at radius 2 is 2.03 bits per heavy atom. The summed E-state index contributed by atoms with van der Waals surface area (Å²) in [4.78, 5) is 9.55. The molecule has 1 aliphatic rings. The number of hydrogen-bond donors (Lipinski definition) is 1. The largest absolute Gasteiger partial charge is 0.497 e. The zero-order chi connectivity index (χ0) is 20.5. The molecular weight excluding hydrogens is 378 g/mol. The van der Waals surface area contributed by atoms with E-state index in [2.05, 4.69) is 4.98 Å². The van der Waals surface area contributed by atoms with Gasteiger partial charge in [0.15, 0.2) is 5.82 Å². The number of aliphatic hydroxyl groups is 1. The van der Waals surface area contributed by atoms with Crippen LogP contribution in [0, 0.1) is 5.92 Å². The Kier molecular flexibility index (Phi) is 4.96. The van der Waals surface area contributed by atoms with Crippen LogP contribution in [0.5, 0.6) is 5.75 Å². The van der Waals surface area contributed by atoms with E-state index in [-0.39, 0.29) is 18.4 Å². The molecule has 7 nitrogen and oxygen atoms in total. The number of benzene rings is 1. The Morgan fingerprint density at radius 3 is 2.83 bits per heavy atom. The molecule has 1 unspecified atom stereocenters. The lowest BCUT2D eigenvalue weighted by Crippen LogP contribution is -2.16. The number of hydrogen-bond acceptors (Lipinski definition) is 5. The third-order valence-corrected chi connectivity index (χ3v) is 6.06. The van der Waals surface area contributed by atoms with Gasteiger partial charge in [-0.25, -0.2) is 14.5 Å². The fourth-order valence-corrected chi connectivity index (χ4v) is 4.42. The number of imidazole rings is 1. The van der Waals surface area contributed by atoms with E-state index in [1.54, 1.807) is 7.11 Å². The molecule has 3 heterocycles. The van der Waals surface area contributed by atoms with E-state index in [0.717, 1.165) is 53.4 Å². The van der Waals surface area contributed by atoms with Crippen molar-refractivity contribution in [2.24, 2.45) is 5.92 Å². The van der Waals surface area contributed by atoms with E-state index >= 15 is 0 Å². The molecule has 4 aromatic rings. The molecule has 1 N–H and O–H groups in total. The van der Waals surface area contributed by atoms with Crippen LogP contribution in [0.15, 0.2) is 55.1 Å². The summed E-state index contributed by atoms with van der Waals surface area (Å²) in [7, 11) is 1.66. The maximum atomic E-state index is 9.74. The van der Waals surface area contributed by atoms with Gasteiger partial charge >= 0.3 is 0 Å². The molecule has 0 aliphatic heterocycles. The normalized spacial score (nSPS) is 18.9. The number of aliphatic hydroxyl groups excluding tert-OH is 1. The molecule has 1 aromatic carbocycles. The van der Waals surface area contributed by atoms with E-state index in [4.69, 9.17) is 14.8 Å². The molecule has 0 spiro atoms. The quantitative estimate of drug-likeness (QED) is 0.534. The Labute approximate surface area is 175 Å². The lowest BCUT2D eigenvalue weighted by atomic mass is 9.96. The standard InChI is InChI=1S/C23H25N5O2/c1-30-19-9-7-18(8-10-19)27-13-17(24-15-27)12-21-22-6-3-11-28(22)26-23(25-21)20-5-2-4-16(20)14-29/h3,6-11,13,15-16,20,29H,2,4-5,12,14H2,1H3/t16-,20?/m0/s1. The highest BCUT2D eigenvalue weighted by Crippen LogP contribution is 2.38. The second-order valence-corrected chi connectivity index (χ2v) is 7.88. The van der Waals surface area contributed by atoms with Crippen molar-refractivity contribution in [2.45, 2.75) is 31.6 Å². The molecule has 0 radical (unpaired) electrons. The molecule has 1 aliphatic carbocycles. The van der Waals surface area contributed by atoms with Crippen molar-refractivity contribution in [1.29, 1.82) is 0 Å². The van der Waals surface area contributed by atoms with Crippen LogP contribution in [0.25, 0.3) is 11.2 Å². The van der Waals surface area contributed by atoms with Gasteiger partial charge in [-0.05, 0) is 55.2 Å². The first-order chi connectivity index (χ1) is 14.7. The third-order valence-electron chi connectivity index (χ3n) is 6.06. The summed E-state index contributed by atoms with van der Waals surface area (Å²) in [6.45, 7) is 0.194. The molecule has 0 saturated heterocycles. The molecule has 2 atom stereocenters. The highest BCUT2D eigenvalue weighted by molar-refractivity contribution is 5.52.